The van der Waals surface area contributed by atoms with Crippen LogP contribution in [0.1, 0.15) is 124 Å². The number of ether oxygens (including phenoxy) is 2. The van der Waals surface area contributed by atoms with Crippen molar-refractivity contribution in [1.82, 2.24) is 14.8 Å². The highest BCUT2D eigenvalue weighted by atomic mass is 19.1. The number of carbonyl (C=O) groups is 3. The van der Waals surface area contributed by atoms with Crippen LogP contribution in [0, 0.1) is 11.6 Å². The molecule has 1 N–H and O–H groups in total. The number of carbonyl (C=O) groups excluding carboxylic acids is 3. The summed E-state index contributed by atoms with van der Waals surface area (Å²) in [6, 6.07) is 2.23. The zero-order valence-electron chi connectivity index (χ0n) is 27.8. The maximum Gasteiger partial charge on any atom is 0.308 e. The van der Waals surface area contributed by atoms with Crippen molar-refractivity contribution in [1.29, 1.82) is 0 Å². The Morgan fingerprint density at radius 3 is 2.58 bits per heavy atom. The first-order valence-corrected chi connectivity index (χ1v) is 16.9. The van der Waals surface area contributed by atoms with E-state index in [0.29, 0.717) is 31.7 Å². The summed E-state index contributed by atoms with van der Waals surface area (Å²) in [6.45, 7) is 5.21. The number of nitrogens with zero attached hydrogens (tertiary/aromatic N) is 3. The van der Waals surface area contributed by atoms with Crippen molar-refractivity contribution in [3.8, 4) is 5.75 Å². The highest BCUT2D eigenvalue weighted by Crippen LogP contribution is 2.46. The average molecular weight is 671 g/mol. The summed E-state index contributed by atoms with van der Waals surface area (Å²) in [6.07, 6.45) is 10.4. The monoisotopic (exact) mass is 670 g/mol. The quantitative estimate of drug-likeness (QED) is 0.153. The van der Waals surface area contributed by atoms with Crippen molar-refractivity contribution >= 4 is 23.5 Å². The Morgan fingerprint density at radius 1 is 1.12 bits per heavy atom. The number of unbranched alkanes of at least 4 members (excludes halogenated alkanes) is 6. The number of halogens is 2. The van der Waals surface area contributed by atoms with Gasteiger partial charge in [0.05, 0.1) is 11.8 Å². The zero-order chi connectivity index (χ0) is 34.4. The normalized spacial score (nSPS) is 21.3. The molecule has 3 aliphatic heterocycles. The summed E-state index contributed by atoms with van der Waals surface area (Å²) in [5.41, 5.74) is -1.39. The van der Waals surface area contributed by atoms with E-state index in [1.807, 2.05) is 13.8 Å². The maximum absolute atomic E-state index is 14.3. The molecule has 0 radical (unpaired) electrons. The number of fused-ring (bicyclic) bond motifs is 5. The van der Waals surface area contributed by atoms with Gasteiger partial charge in [0.2, 0.25) is 18.0 Å². The molecule has 11 nitrogen and oxygen atoms in total. The number of hydrogen-bond acceptors (Lipinski definition) is 8. The van der Waals surface area contributed by atoms with Crippen molar-refractivity contribution in [3.63, 3.8) is 0 Å². The summed E-state index contributed by atoms with van der Waals surface area (Å²) < 4.78 is 40.3. The van der Waals surface area contributed by atoms with E-state index < -0.39 is 59.0 Å². The molecule has 2 amide bonds. The van der Waals surface area contributed by atoms with E-state index in [4.69, 9.17) is 14.3 Å². The number of esters is 1. The number of rotatable bonds is 14. The second-order valence-corrected chi connectivity index (χ2v) is 13.0. The Hall–Kier alpha value is -4.29. The first-order valence-electron chi connectivity index (χ1n) is 16.9. The number of aromatic nitrogens is 1. The number of nitrogens with one attached hydrogen (secondary N) is 1. The van der Waals surface area contributed by atoms with Crippen molar-refractivity contribution < 1.29 is 37.5 Å². The summed E-state index contributed by atoms with van der Waals surface area (Å²) in [4.78, 5) is 61.6. The Bertz CT molecular complexity index is 1630. The lowest BCUT2D eigenvalue weighted by Crippen LogP contribution is -2.52. The summed E-state index contributed by atoms with van der Waals surface area (Å²) in [7, 11) is 0. The summed E-state index contributed by atoms with van der Waals surface area (Å²) in [5.74, 6) is -3.87. The third-order valence-corrected chi connectivity index (χ3v) is 9.53. The van der Waals surface area contributed by atoms with Crippen LogP contribution in [-0.4, -0.2) is 57.9 Å². The molecule has 5 rings (SSSR count). The van der Waals surface area contributed by atoms with Crippen LogP contribution in [0.4, 0.5) is 8.78 Å². The Labute approximate surface area is 278 Å². The highest BCUT2D eigenvalue weighted by molar-refractivity contribution is 5.99. The molecule has 3 atom stereocenters. The Balaban J connectivity index is 1.42. The van der Waals surface area contributed by atoms with E-state index in [1.165, 1.54) is 25.1 Å². The van der Waals surface area contributed by atoms with Crippen LogP contribution in [0.15, 0.2) is 34.3 Å². The number of hydrogen-bond donors (Lipinski definition) is 1. The van der Waals surface area contributed by atoms with Crippen LogP contribution < -0.4 is 15.5 Å². The molecule has 48 heavy (non-hydrogen) atoms. The maximum atomic E-state index is 14.3. The minimum absolute atomic E-state index is 0.0154. The molecule has 1 spiro atoms. The molecule has 0 unspecified atom stereocenters. The molecule has 1 aromatic carbocycles. The van der Waals surface area contributed by atoms with Gasteiger partial charge in [-0.1, -0.05) is 56.7 Å². The number of benzene rings is 1. The van der Waals surface area contributed by atoms with Gasteiger partial charge < -0.3 is 29.1 Å². The lowest BCUT2D eigenvalue weighted by molar-refractivity contribution is -0.150. The van der Waals surface area contributed by atoms with Crippen LogP contribution in [0.25, 0.3) is 0 Å². The Morgan fingerprint density at radius 2 is 1.88 bits per heavy atom. The second kappa shape index (κ2) is 15.3. The van der Waals surface area contributed by atoms with E-state index in [0.717, 1.165) is 37.5 Å². The van der Waals surface area contributed by atoms with Crippen molar-refractivity contribution in [3.05, 3.63) is 63.1 Å². The molecule has 2 bridgehead atoms. The molecule has 0 aliphatic carbocycles. The predicted molar refractivity (Wildman–Crippen MR) is 173 cm³/mol. The van der Waals surface area contributed by atoms with Gasteiger partial charge in [0.1, 0.15) is 17.2 Å². The van der Waals surface area contributed by atoms with Crippen molar-refractivity contribution in [2.45, 2.75) is 116 Å². The molecule has 1 aromatic heterocycles. The second-order valence-electron chi connectivity index (χ2n) is 13.0. The smallest absolute Gasteiger partial charge is 0.308 e. The number of pyridine rings is 1. The first-order chi connectivity index (χ1) is 23.0. The van der Waals surface area contributed by atoms with Crippen LogP contribution in [0.5, 0.6) is 5.75 Å². The molecule has 1 saturated heterocycles. The first kappa shape index (κ1) is 35.0. The summed E-state index contributed by atoms with van der Waals surface area (Å²) in [5, 5.41) is 6.74. The predicted octanol–water partition coefficient (Wildman–Crippen LogP) is 5.79. The van der Waals surface area contributed by atoms with E-state index in [-0.39, 0.29) is 42.4 Å². The SMILES string of the molecule is CCCCCCCCCC(=O)OCOc1c2n(cc(C(=O)NCc3ccc(F)cc3F)c1=O)[C@@H]1CN(C2=O)[C@@H](C)CC[C@]12CC(C)=NO2. The van der Waals surface area contributed by atoms with E-state index in [2.05, 4.69) is 17.4 Å². The van der Waals surface area contributed by atoms with Gasteiger partial charge >= 0.3 is 5.97 Å². The number of oxime groups is 1. The van der Waals surface area contributed by atoms with Crippen LogP contribution in [0.3, 0.4) is 0 Å². The third kappa shape index (κ3) is 7.55. The average Bonchev–Trinajstić information content (AvgIpc) is 3.39. The molecule has 0 saturated carbocycles. The molecule has 4 heterocycles. The molecule has 260 valence electrons. The van der Waals surface area contributed by atoms with E-state index >= 15 is 0 Å². The molecular weight excluding hydrogens is 626 g/mol. The van der Waals surface area contributed by atoms with Crippen molar-refractivity contribution in [2.24, 2.45) is 5.16 Å². The molecule has 2 aromatic rings. The van der Waals surface area contributed by atoms with E-state index in [9.17, 15) is 28.0 Å². The minimum Gasteiger partial charge on any atom is -0.451 e. The largest absolute Gasteiger partial charge is 0.451 e. The van der Waals surface area contributed by atoms with Gasteiger partial charge in [-0.2, -0.15) is 0 Å². The summed E-state index contributed by atoms with van der Waals surface area (Å²) >= 11 is 0. The zero-order valence-corrected chi connectivity index (χ0v) is 27.8. The van der Waals surface area contributed by atoms with Gasteiger partial charge in [0, 0.05) is 49.8 Å². The van der Waals surface area contributed by atoms with Gasteiger partial charge in [-0.3, -0.25) is 19.2 Å². The van der Waals surface area contributed by atoms with Crippen molar-refractivity contribution in [2.75, 3.05) is 13.3 Å². The van der Waals surface area contributed by atoms with Gasteiger partial charge in [0.25, 0.3) is 11.8 Å². The fourth-order valence-electron chi connectivity index (χ4n) is 6.79. The molecule has 1 fully saturated rings. The fraction of sp³-hybridized carbons (Fsp3) is 0.571. The van der Waals surface area contributed by atoms with Crippen LogP contribution in [0.2, 0.25) is 0 Å². The van der Waals surface area contributed by atoms with Gasteiger partial charge in [-0.25, -0.2) is 8.78 Å². The fourth-order valence-corrected chi connectivity index (χ4v) is 6.79. The van der Waals surface area contributed by atoms with Crippen LogP contribution in [-0.2, 0) is 20.9 Å². The highest BCUT2D eigenvalue weighted by Gasteiger charge is 2.54. The molecule has 3 aliphatic rings. The van der Waals surface area contributed by atoms with Gasteiger partial charge in [0.15, 0.2) is 11.3 Å². The van der Waals surface area contributed by atoms with Gasteiger partial charge in [-0.05, 0) is 39.2 Å². The minimum atomic E-state index is -0.892. The standard InChI is InChI=1S/C35H44F2N4O7/c1-4-5-6-7-8-9-10-11-29(42)46-21-47-32-30-34(45)40-20-28(35(15-14-23(40)3)17-22(2)39-48-35)41(30)19-26(31(32)43)33(44)38-18-24-12-13-25(36)16-27(24)37/h12-13,16,19,23,28H,4-11,14-15,17-18,20-21H2,1-3H3,(H,38,44)/t23-,28+,35-/m0/s1. The van der Waals surface area contributed by atoms with Gasteiger partial charge in [-0.15, -0.1) is 0 Å². The van der Waals surface area contributed by atoms with E-state index in [1.54, 1.807) is 9.47 Å². The lowest BCUT2D eigenvalue weighted by atomic mass is 9.84. The topological polar surface area (TPSA) is 129 Å². The molecule has 13 heteroatoms. The third-order valence-electron chi connectivity index (χ3n) is 9.53. The molecular formula is C35H44F2N4O7. The van der Waals surface area contributed by atoms with Crippen LogP contribution >= 0.6 is 0 Å². The number of amides is 2. The lowest BCUT2D eigenvalue weighted by Gasteiger charge is -2.42. The Kier molecular flexibility index (Phi) is 11.2.